The van der Waals surface area contributed by atoms with Crippen LogP contribution < -0.4 is 10.2 Å². The van der Waals surface area contributed by atoms with Gasteiger partial charge in [-0.3, -0.25) is 9.48 Å². The van der Waals surface area contributed by atoms with Crippen molar-refractivity contribution in [3.63, 3.8) is 0 Å². The number of hydrogen-bond donors (Lipinski definition) is 1. The molecule has 26 heavy (non-hydrogen) atoms. The Labute approximate surface area is 162 Å². The molecule has 1 aliphatic rings. The lowest BCUT2D eigenvalue weighted by Crippen LogP contribution is -2.35. The van der Waals surface area contributed by atoms with Crippen molar-refractivity contribution in [2.45, 2.75) is 58.7 Å². The molecule has 2 heterocycles. The minimum atomic E-state index is 0. The minimum Gasteiger partial charge on any atom is -0.312 e. The minimum absolute atomic E-state index is 0. The first-order valence-corrected chi connectivity index (χ1v) is 9.07. The number of aromatic nitrogens is 2. The third-order valence-electron chi connectivity index (χ3n) is 4.53. The van der Waals surface area contributed by atoms with Crippen LogP contribution in [0.2, 0.25) is 0 Å². The number of amides is 1. The van der Waals surface area contributed by atoms with E-state index in [1.165, 1.54) is 11.1 Å². The van der Waals surface area contributed by atoms with Gasteiger partial charge in [-0.25, -0.2) is 0 Å². The van der Waals surface area contributed by atoms with E-state index >= 15 is 0 Å². The second-order valence-corrected chi connectivity index (χ2v) is 7.74. The van der Waals surface area contributed by atoms with Crippen molar-refractivity contribution in [1.29, 1.82) is 0 Å². The predicted molar refractivity (Wildman–Crippen MR) is 108 cm³/mol. The molecule has 0 aliphatic carbocycles. The van der Waals surface area contributed by atoms with Crippen molar-refractivity contribution in [2.24, 2.45) is 0 Å². The van der Waals surface area contributed by atoms with Gasteiger partial charge in [0.25, 0.3) is 0 Å². The van der Waals surface area contributed by atoms with Crippen LogP contribution in [0.1, 0.15) is 51.2 Å². The summed E-state index contributed by atoms with van der Waals surface area (Å²) in [5.41, 5.74) is 3.40. The molecule has 1 aromatic carbocycles. The van der Waals surface area contributed by atoms with Gasteiger partial charge in [0, 0.05) is 43.5 Å². The number of nitrogens with zero attached hydrogens (tertiary/aromatic N) is 3. The molecule has 6 heteroatoms. The molecule has 2 aromatic rings. The molecule has 0 bridgehead atoms. The Morgan fingerprint density at radius 3 is 2.62 bits per heavy atom. The van der Waals surface area contributed by atoms with Gasteiger partial charge in [0.1, 0.15) is 0 Å². The molecule has 0 spiro atoms. The second kappa shape index (κ2) is 8.69. The van der Waals surface area contributed by atoms with E-state index in [4.69, 9.17) is 0 Å². The Kier molecular flexibility index (Phi) is 6.84. The lowest BCUT2D eigenvalue weighted by Gasteiger charge is -2.27. The number of carbonyl (C=O) groups excluding carboxylic acids is 1. The topological polar surface area (TPSA) is 50.2 Å². The van der Waals surface area contributed by atoms with Crippen LogP contribution in [-0.2, 0) is 23.4 Å². The van der Waals surface area contributed by atoms with Gasteiger partial charge in [0.05, 0.1) is 11.7 Å². The Morgan fingerprint density at radius 1 is 1.15 bits per heavy atom. The van der Waals surface area contributed by atoms with Gasteiger partial charge in [-0.15, -0.1) is 12.4 Å². The smallest absolute Gasteiger partial charge is 0.226 e. The highest BCUT2D eigenvalue weighted by molar-refractivity contribution is 5.94. The molecule has 1 amide bonds. The van der Waals surface area contributed by atoms with Crippen LogP contribution in [0.5, 0.6) is 0 Å². The number of halogens is 1. The van der Waals surface area contributed by atoms with Crippen molar-refractivity contribution in [3.05, 3.63) is 47.8 Å². The summed E-state index contributed by atoms with van der Waals surface area (Å²) in [5.74, 6) is 0.242. The zero-order valence-electron chi connectivity index (χ0n) is 15.9. The maximum absolute atomic E-state index is 12.1. The molecule has 1 N–H and O–H groups in total. The molecule has 0 saturated carbocycles. The van der Waals surface area contributed by atoms with E-state index in [1.807, 2.05) is 27.9 Å². The summed E-state index contributed by atoms with van der Waals surface area (Å²) in [6.07, 6.45) is 6.78. The van der Waals surface area contributed by atoms with Gasteiger partial charge in [0.15, 0.2) is 0 Å². The number of carbonyl (C=O) groups is 1. The van der Waals surface area contributed by atoms with Crippen LogP contribution >= 0.6 is 12.4 Å². The van der Waals surface area contributed by atoms with Gasteiger partial charge in [-0.05, 0) is 51.3 Å². The molecule has 1 aliphatic heterocycles. The van der Waals surface area contributed by atoms with Crippen LogP contribution in [0.25, 0.3) is 0 Å². The van der Waals surface area contributed by atoms with Crippen LogP contribution in [0.3, 0.4) is 0 Å². The number of anilines is 1. The molecule has 1 saturated heterocycles. The monoisotopic (exact) mass is 376 g/mol. The van der Waals surface area contributed by atoms with Gasteiger partial charge < -0.3 is 10.2 Å². The summed E-state index contributed by atoms with van der Waals surface area (Å²) in [4.78, 5) is 14.0. The molecule has 142 valence electrons. The van der Waals surface area contributed by atoms with Crippen molar-refractivity contribution in [3.8, 4) is 0 Å². The summed E-state index contributed by atoms with van der Waals surface area (Å²) in [6.45, 7) is 8.82. The quantitative estimate of drug-likeness (QED) is 0.861. The first kappa shape index (κ1) is 20.5. The number of rotatable bonds is 5. The highest BCUT2D eigenvalue weighted by Crippen LogP contribution is 2.22. The molecule has 0 radical (unpaired) electrons. The van der Waals surface area contributed by atoms with Gasteiger partial charge in [-0.1, -0.05) is 12.1 Å². The number of nitrogens with one attached hydrogen (secondary N) is 1. The summed E-state index contributed by atoms with van der Waals surface area (Å²) < 4.78 is 1.99. The fraction of sp³-hybridized carbons (Fsp3) is 0.500. The van der Waals surface area contributed by atoms with E-state index < -0.39 is 0 Å². The molecular weight excluding hydrogens is 348 g/mol. The molecule has 0 unspecified atom stereocenters. The molecule has 5 nitrogen and oxygen atoms in total. The van der Waals surface area contributed by atoms with Crippen LogP contribution in [0.15, 0.2) is 36.7 Å². The Hall–Kier alpha value is -1.85. The lowest BCUT2D eigenvalue weighted by atomic mass is 10.1. The van der Waals surface area contributed by atoms with E-state index in [0.717, 1.165) is 38.2 Å². The van der Waals surface area contributed by atoms with Crippen LogP contribution in [0, 0.1) is 0 Å². The summed E-state index contributed by atoms with van der Waals surface area (Å²) >= 11 is 0. The first-order chi connectivity index (χ1) is 11.9. The zero-order chi connectivity index (χ0) is 17.9. The Bertz CT molecular complexity index is 735. The second-order valence-electron chi connectivity index (χ2n) is 7.74. The Morgan fingerprint density at radius 2 is 1.92 bits per heavy atom. The van der Waals surface area contributed by atoms with E-state index in [9.17, 15) is 4.79 Å². The third-order valence-corrected chi connectivity index (χ3v) is 4.53. The van der Waals surface area contributed by atoms with E-state index in [0.29, 0.717) is 6.42 Å². The number of piperidine rings is 1. The Balaban J connectivity index is 0.00000243. The predicted octanol–water partition coefficient (Wildman–Crippen LogP) is 3.87. The molecular formula is C20H29ClN4O. The maximum Gasteiger partial charge on any atom is 0.226 e. The summed E-state index contributed by atoms with van der Waals surface area (Å²) in [6, 6.07) is 8.28. The van der Waals surface area contributed by atoms with E-state index in [1.54, 1.807) is 0 Å². The van der Waals surface area contributed by atoms with E-state index in [2.05, 4.69) is 49.5 Å². The van der Waals surface area contributed by atoms with E-state index in [-0.39, 0.29) is 23.9 Å². The summed E-state index contributed by atoms with van der Waals surface area (Å²) in [7, 11) is 0. The van der Waals surface area contributed by atoms with Crippen molar-refractivity contribution in [2.75, 3.05) is 11.4 Å². The molecule has 3 rings (SSSR count). The normalized spacial score (nSPS) is 15.0. The lowest BCUT2D eigenvalue weighted by molar-refractivity contribution is -0.119. The first-order valence-electron chi connectivity index (χ1n) is 9.07. The van der Waals surface area contributed by atoms with Gasteiger partial charge in [0.2, 0.25) is 5.91 Å². The van der Waals surface area contributed by atoms with Crippen molar-refractivity contribution >= 4 is 24.0 Å². The highest BCUT2D eigenvalue weighted by atomic mass is 35.5. The highest BCUT2D eigenvalue weighted by Gasteiger charge is 2.19. The maximum atomic E-state index is 12.1. The zero-order valence-corrected chi connectivity index (χ0v) is 16.7. The van der Waals surface area contributed by atoms with Crippen molar-refractivity contribution < 1.29 is 4.79 Å². The number of hydrogen-bond acceptors (Lipinski definition) is 3. The third kappa shape index (κ3) is 5.08. The standard InChI is InChI=1S/C20H28N4O.ClH/c1-20(2,3)24-15-17(14-22-24)13-21-12-16-7-6-8-18(11-16)23-10-5-4-9-19(23)25;/h6-8,11,14-15,21H,4-5,9-10,12-13H2,1-3H3;1H. The molecule has 1 aromatic heterocycles. The fourth-order valence-electron chi connectivity index (χ4n) is 3.08. The fourth-order valence-corrected chi connectivity index (χ4v) is 3.08. The van der Waals surface area contributed by atoms with Gasteiger partial charge >= 0.3 is 0 Å². The average Bonchev–Trinajstić information content (AvgIpc) is 3.05. The van der Waals surface area contributed by atoms with Crippen LogP contribution in [0.4, 0.5) is 5.69 Å². The average molecular weight is 377 g/mol. The largest absolute Gasteiger partial charge is 0.312 e. The molecule has 1 fully saturated rings. The summed E-state index contributed by atoms with van der Waals surface area (Å²) in [5, 5.41) is 7.90. The SMILES string of the molecule is CC(C)(C)n1cc(CNCc2cccc(N3CCCCC3=O)c2)cn1.Cl. The van der Waals surface area contributed by atoms with Gasteiger partial charge in [-0.2, -0.15) is 5.10 Å². The van der Waals surface area contributed by atoms with Crippen LogP contribution in [-0.4, -0.2) is 22.2 Å². The van der Waals surface area contributed by atoms with Crippen molar-refractivity contribution in [1.82, 2.24) is 15.1 Å². The number of benzene rings is 1. The molecule has 0 atom stereocenters.